The zero-order valence-electron chi connectivity index (χ0n) is 11.1. The summed E-state index contributed by atoms with van der Waals surface area (Å²) < 4.78 is 0. The number of likely N-dealkylation sites (N-methyl/N-ethyl adjacent to an activating group) is 1. The maximum absolute atomic E-state index is 12.1. The van der Waals surface area contributed by atoms with E-state index in [0.29, 0.717) is 18.0 Å². The average Bonchev–Trinajstić information content (AvgIpc) is 3.22. The van der Waals surface area contributed by atoms with Gasteiger partial charge in [-0.2, -0.15) is 0 Å². The van der Waals surface area contributed by atoms with Gasteiger partial charge < -0.3 is 10.0 Å². The number of carbonyl (C=O) groups is 1. The predicted octanol–water partition coefficient (Wildman–Crippen LogP) is 2.09. The Balaban J connectivity index is 1.95. The highest BCUT2D eigenvalue weighted by molar-refractivity contribution is 5.94. The molecule has 1 saturated carbocycles. The number of aliphatic hydroxyl groups is 1. The molecule has 0 saturated heterocycles. The maximum atomic E-state index is 12.1. The molecule has 1 aromatic rings. The second-order valence-corrected chi connectivity index (χ2v) is 5.14. The minimum atomic E-state index is -0.367. The fraction of sp³-hybridized carbons (Fsp3) is 0.533. The molecule has 1 N–H and O–H groups in total. The lowest BCUT2D eigenvalue weighted by molar-refractivity contribution is 0.0645. The number of hydrogen-bond donors (Lipinski definition) is 1. The van der Waals surface area contributed by atoms with Crippen LogP contribution in [0.15, 0.2) is 24.3 Å². The molecule has 1 unspecified atom stereocenters. The van der Waals surface area contributed by atoms with Crippen molar-refractivity contribution >= 4 is 5.91 Å². The molecule has 1 atom stereocenters. The zero-order valence-corrected chi connectivity index (χ0v) is 11.1. The van der Waals surface area contributed by atoms with E-state index in [-0.39, 0.29) is 12.0 Å². The van der Waals surface area contributed by atoms with Crippen molar-refractivity contribution in [3.05, 3.63) is 35.4 Å². The van der Waals surface area contributed by atoms with Crippen molar-refractivity contribution in [3.8, 4) is 0 Å². The van der Waals surface area contributed by atoms with E-state index in [0.717, 1.165) is 19.3 Å². The monoisotopic (exact) mass is 247 g/mol. The highest BCUT2D eigenvalue weighted by Gasteiger charge is 2.31. The van der Waals surface area contributed by atoms with Gasteiger partial charge in [0.1, 0.15) is 0 Å². The van der Waals surface area contributed by atoms with Crippen molar-refractivity contribution in [2.75, 3.05) is 13.6 Å². The molecular formula is C15H21NO2. The number of hydrogen-bond acceptors (Lipinski definition) is 2. The Morgan fingerprint density at radius 2 is 2.00 bits per heavy atom. The van der Waals surface area contributed by atoms with E-state index in [2.05, 4.69) is 6.92 Å². The van der Waals surface area contributed by atoms with Gasteiger partial charge in [0.05, 0.1) is 6.10 Å². The molecule has 1 aliphatic carbocycles. The molecule has 0 spiro atoms. The van der Waals surface area contributed by atoms with Gasteiger partial charge in [0.15, 0.2) is 0 Å². The lowest BCUT2D eigenvalue weighted by Gasteiger charge is -2.20. The summed E-state index contributed by atoms with van der Waals surface area (Å²) in [6.07, 6.45) is 2.79. The van der Waals surface area contributed by atoms with E-state index in [1.165, 1.54) is 5.56 Å². The highest BCUT2D eigenvalue weighted by atomic mass is 16.3. The molecule has 18 heavy (non-hydrogen) atoms. The Labute approximate surface area is 108 Å². The van der Waals surface area contributed by atoms with Crippen molar-refractivity contribution in [2.45, 2.75) is 32.3 Å². The lowest BCUT2D eigenvalue weighted by Crippen LogP contribution is -2.35. The smallest absolute Gasteiger partial charge is 0.253 e. The largest absolute Gasteiger partial charge is 0.391 e. The molecular weight excluding hydrogens is 226 g/mol. The van der Waals surface area contributed by atoms with E-state index in [1.54, 1.807) is 11.9 Å². The van der Waals surface area contributed by atoms with Gasteiger partial charge in [-0.1, -0.05) is 19.1 Å². The lowest BCUT2D eigenvalue weighted by atomic mass is 10.1. The molecule has 98 valence electrons. The first-order valence-corrected chi connectivity index (χ1v) is 6.64. The second kappa shape index (κ2) is 5.53. The first kappa shape index (κ1) is 13.1. The Morgan fingerprint density at radius 3 is 2.50 bits per heavy atom. The summed E-state index contributed by atoms with van der Waals surface area (Å²) in [5.74, 6) is 0.389. The predicted molar refractivity (Wildman–Crippen MR) is 71.5 cm³/mol. The molecule has 1 aliphatic rings. The van der Waals surface area contributed by atoms with Gasteiger partial charge in [-0.25, -0.2) is 0 Å². The molecule has 1 amide bonds. The van der Waals surface area contributed by atoms with Crippen LogP contribution in [0.1, 0.15) is 35.7 Å². The van der Waals surface area contributed by atoms with Crippen LogP contribution in [0.2, 0.25) is 0 Å². The van der Waals surface area contributed by atoms with Crippen molar-refractivity contribution in [3.63, 3.8) is 0 Å². The Morgan fingerprint density at radius 1 is 1.39 bits per heavy atom. The summed E-state index contributed by atoms with van der Waals surface area (Å²) in [4.78, 5) is 13.8. The first-order chi connectivity index (χ1) is 8.61. The number of rotatable bonds is 5. The topological polar surface area (TPSA) is 40.5 Å². The van der Waals surface area contributed by atoms with Gasteiger partial charge in [0, 0.05) is 19.2 Å². The Kier molecular flexibility index (Phi) is 4.02. The van der Waals surface area contributed by atoms with E-state index < -0.39 is 0 Å². The maximum Gasteiger partial charge on any atom is 0.253 e. The van der Waals surface area contributed by atoms with E-state index >= 15 is 0 Å². The first-order valence-electron chi connectivity index (χ1n) is 6.64. The number of carbonyl (C=O) groups excluding carboxylic acids is 1. The van der Waals surface area contributed by atoms with Crippen molar-refractivity contribution in [1.29, 1.82) is 0 Å². The quantitative estimate of drug-likeness (QED) is 0.865. The average molecular weight is 247 g/mol. The number of aryl methyl sites for hydroxylation is 1. The molecule has 2 rings (SSSR count). The molecule has 0 bridgehead atoms. The molecule has 1 fully saturated rings. The zero-order chi connectivity index (χ0) is 13.1. The number of benzene rings is 1. The second-order valence-electron chi connectivity index (χ2n) is 5.14. The number of nitrogens with zero attached hydrogens (tertiary/aromatic N) is 1. The summed E-state index contributed by atoms with van der Waals surface area (Å²) in [6, 6.07) is 7.69. The highest BCUT2D eigenvalue weighted by Crippen LogP contribution is 2.32. The SMILES string of the molecule is CCc1ccc(C(=O)N(C)CC(O)C2CC2)cc1. The third-order valence-electron chi connectivity index (χ3n) is 3.58. The number of amides is 1. The third-order valence-corrected chi connectivity index (χ3v) is 3.58. The van der Waals surface area contributed by atoms with Crippen LogP contribution >= 0.6 is 0 Å². The van der Waals surface area contributed by atoms with Crippen LogP contribution in [0.5, 0.6) is 0 Å². The molecule has 1 aromatic carbocycles. The normalized spacial score (nSPS) is 16.4. The minimum Gasteiger partial charge on any atom is -0.391 e. The Bertz CT molecular complexity index is 409. The van der Waals surface area contributed by atoms with Gasteiger partial charge in [0.2, 0.25) is 0 Å². The molecule has 0 heterocycles. The van der Waals surface area contributed by atoms with Gasteiger partial charge in [-0.15, -0.1) is 0 Å². The molecule has 3 nitrogen and oxygen atoms in total. The van der Waals surface area contributed by atoms with E-state index in [9.17, 15) is 9.90 Å². The minimum absolute atomic E-state index is 0.0163. The van der Waals surface area contributed by atoms with Crippen molar-refractivity contribution in [2.24, 2.45) is 5.92 Å². The van der Waals surface area contributed by atoms with Crippen LogP contribution in [0, 0.1) is 5.92 Å². The van der Waals surface area contributed by atoms with Crippen LogP contribution in [0.25, 0.3) is 0 Å². The fourth-order valence-electron chi connectivity index (χ4n) is 2.10. The van der Waals surface area contributed by atoms with Crippen molar-refractivity contribution < 1.29 is 9.90 Å². The van der Waals surface area contributed by atoms with E-state index in [1.807, 2.05) is 24.3 Å². The van der Waals surface area contributed by atoms with Crippen LogP contribution < -0.4 is 0 Å². The molecule has 0 aromatic heterocycles. The summed E-state index contributed by atoms with van der Waals surface area (Å²) in [5, 5.41) is 9.84. The summed E-state index contributed by atoms with van der Waals surface area (Å²) in [5.41, 5.74) is 1.92. The summed E-state index contributed by atoms with van der Waals surface area (Å²) >= 11 is 0. The van der Waals surface area contributed by atoms with Crippen LogP contribution in [0.4, 0.5) is 0 Å². The van der Waals surface area contributed by atoms with Crippen LogP contribution in [-0.4, -0.2) is 35.6 Å². The standard InChI is InChI=1S/C15H21NO2/c1-3-11-4-6-13(7-5-11)15(18)16(2)10-14(17)12-8-9-12/h4-7,12,14,17H,3,8-10H2,1-2H3. The summed E-state index contributed by atoms with van der Waals surface area (Å²) in [7, 11) is 1.75. The van der Waals surface area contributed by atoms with Gasteiger partial charge in [0.25, 0.3) is 5.91 Å². The molecule has 3 heteroatoms. The van der Waals surface area contributed by atoms with Gasteiger partial charge in [-0.05, 0) is 42.9 Å². The fourth-order valence-corrected chi connectivity index (χ4v) is 2.10. The van der Waals surface area contributed by atoms with Crippen molar-refractivity contribution in [1.82, 2.24) is 4.90 Å². The van der Waals surface area contributed by atoms with Gasteiger partial charge >= 0.3 is 0 Å². The molecule has 0 aliphatic heterocycles. The Hall–Kier alpha value is -1.35. The van der Waals surface area contributed by atoms with Crippen LogP contribution in [0.3, 0.4) is 0 Å². The molecule has 0 radical (unpaired) electrons. The van der Waals surface area contributed by atoms with Gasteiger partial charge in [-0.3, -0.25) is 4.79 Å². The number of aliphatic hydroxyl groups excluding tert-OH is 1. The summed E-state index contributed by atoms with van der Waals surface area (Å²) in [6.45, 7) is 2.52. The van der Waals surface area contributed by atoms with Crippen LogP contribution in [-0.2, 0) is 6.42 Å². The van der Waals surface area contributed by atoms with E-state index in [4.69, 9.17) is 0 Å². The third kappa shape index (κ3) is 3.10.